The van der Waals surface area contributed by atoms with Crippen LogP contribution in [-0.4, -0.2) is 47.2 Å². The quantitative estimate of drug-likeness (QED) is 0.497. The summed E-state index contributed by atoms with van der Waals surface area (Å²) in [6.45, 7) is 6.26. The molecule has 0 atom stereocenters. The van der Waals surface area contributed by atoms with Crippen molar-refractivity contribution in [1.82, 2.24) is 15.3 Å². The van der Waals surface area contributed by atoms with Crippen LogP contribution in [0.15, 0.2) is 41.7 Å². The monoisotopic (exact) mass is 427 g/mol. The molecule has 160 valence electrons. The van der Waals surface area contributed by atoms with Gasteiger partial charge in [-0.25, -0.2) is 9.97 Å². The Kier molecular flexibility index (Phi) is 8.07. The topological polar surface area (TPSA) is 87.2 Å². The molecule has 2 N–H and O–H groups in total. The summed E-state index contributed by atoms with van der Waals surface area (Å²) in [5.41, 5.74) is 1.99. The molecule has 30 heavy (non-hydrogen) atoms. The number of carbonyl (C=O) groups is 2. The number of thioether (sulfide) groups is 1. The van der Waals surface area contributed by atoms with Gasteiger partial charge in [0.25, 0.3) is 0 Å². The smallest absolute Gasteiger partial charge is 0.234 e. The van der Waals surface area contributed by atoms with E-state index in [9.17, 15) is 9.59 Å². The second-order valence-electron chi connectivity index (χ2n) is 7.22. The zero-order chi connectivity index (χ0) is 21.3. The molecule has 3 rings (SSSR count). The highest BCUT2D eigenvalue weighted by molar-refractivity contribution is 7.99. The summed E-state index contributed by atoms with van der Waals surface area (Å²) >= 11 is 1.40. The average Bonchev–Trinajstić information content (AvgIpc) is 2.78. The van der Waals surface area contributed by atoms with E-state index in [1.807, 2.05) is 37.3 Å². The number of nitrogens with one attached hydrogen (secondary N) is 2. The maximum atomic E-state index is 12.4. The third-order valence-corrected chi connectivity index (χ3v) is 6.12. The van der Waals surface area contributed by atoms with Gasteiger partial charge in [-0.1, -0.05) is 36.9 Å². The summed E-state index contributed by atoms with van der Waals surface area (Å²) in [6.07, 6.45) is 4.04. The first-order valence-corrected chi connectivity index (χ1v) is 11.4. The number of hydrogen-bond acceptors (Lipinski definition) is 6. The Morgan fingerprint density at radius 1 is 1.17 bits per heavy atom. The van der Waals surface area contributed by atoms with Gasteiger partial charge in [0.05, 0.1) is 5.75 Å². The average molecular weight is 428 g/mol. The number of para-hydroxylation sites is 1. The van der Waals surface area contributed by atoms with Crippen LogP contribution in [0, 0.1) is 5.92 Å². The van der Waals surface area contributed by atoms with Crippen molar-refractivity contribution in [3.05, 3.63) is 42.2 Å². The predicted molar refractivity (Wildman–Crippen MR) is 121 cm³/mol. The van der Waals surface area contributed by atoms with Crippen LogP contribution in [0.2, 0.25) is 0 Å². The van der Waals surface area contributed by atoms with Crippen molar-refractivity contribution < 1.29 is 9.59 Å². The van der Waals surface area contributed by atoms with Gasteiger partial charge in [0, 0.05) is 37.3 Å². The van der Waals surface area contributed by atoms with Crippen LogP contribution in [0.4, 0.5) is 11.5 Å². The largest absolute Gasteiger partial charge is 0.356 e. The molecule has 1 aliphatic rings. The van der Waals surface area contributed by atoms with Gasteiger partial charge < -0.3 is 15.5 Å². The Labute approximate surface area is 182 Å². The standard InChI is InChI=1S/C22H29N5O2S/c1-3-16-7-5-6-8-18(16)26-20(28)14-30-21-13-19(24-15-25-21)27-11-9-17(10-12-27)22(29)23-4-2/h5-8,13,15,17H,3-4,9-12,14H2,1-2H3,(H,23,29)(H,26,28). The third kappa shape index (κ3) is 5.95. The van der Waals surface area contributed by atoms with E-state index in [0.29, 0.717) is 6.54 Å². The molecule has 2 aromatic rings. The highest BCUT2D eigenvalue weighted by atomic mass is 32.2. The Hall–Kier alpha value is -2.61. The van der Waals surface area contributed by atoms with Crippen LogP contribution < -0.4 is 15.5 Å². The molecule has 0 unspecified atom stereocenters. The summed E-state index contributed by atoms with van der Waals surface area (Å²) in [6, 6.07) is 9.77. The number of benzene rings is 1. The number of hydrogen-bond donors (Lipinski definition) is 2. The number of aromatic nitrogens is 2. The minimum absolute atomic E-state index is 0.0520. The Morgan fingerprint density at radius 3 is 2.67 bits per heavy atom. The van der Waals surface area contributed by atoms with Crippen molar-refractivity contribution in [2.75, 3.05) is 35.6 Å². The molecule has 0 spiro atoms. The van der Waals surface area contributed by atoms with E-state index in [0.717, 1.165) is 54.4 Å². The van der Waals surface area contributed by atoms with E-state index in [1.165, 1.54) is 18.1 Å². The van der Waals surface area contributed by atoms with E-state index >= 15 is 0 Å². The van der Waals surface area contributed by atoms with Crippen molar-refractivity contribution >= 4 is 35.1 Å². The van der Waals surface area contributed by atoms with Gasteiger partial charge in [0.1, 0.15) is 17.2 Å². The zero-order valence-electron chi connectivity index (χ0n) is 17.6. The lowest BCUT2D eigenvalue weighted by molar-refractivity contribution is -0.125. The maximum Gasteiger partial charge on any atom is 0.234 e. The molecule has 0 saturated carbocycles. The summed E-state index contributed by atoms with van der Waals surface area (Å²) < 4.78 is 0. The van der Waals surface area contributed by atoms with Gasteiger partial charge in [0.15, 0.2) is 0 Å². The summed E-state index contributed by atoms with van der Waals surface area (Å²) in [5.74, 6) is 1.30. The van der Waals surface area contributed by atoms with Crippen molar-refractivity contribution in [1.29, 1.82) is 0 Å². The second-order valence-corrected chi connectivity index (χ2v) is 8.21. The molecule has 1 aromatic carbocycles. The fourth-order valence-electron chi connectivity index (χ4n) is 3.55. The van der Waals surface area contributed by atoms with Crippen LogP contribution in [0.5, 0.6) is 0 Å². The van der Waals surface area contributed by atoms with Gasteiger partial charge in [-0.3, -0.25) is 9.59 Å². The molecular weight excluding hydrogens is 398 g/mol. The number of piperidine rings is 1. The van der Waals surface area contributed by atoms with Crippen LogP contribution in [0.3, 0.4) is 0 Å². The highest BCUT2D eigenvalue weighted by Crippen LogP contribution is 2.25. The lowest BCUT2D eigenvalue weighted by Gasteiger charge is -2.32. The van der Waals surface area contributed by atoms with Crippen LogP contribution in [0.1, 0.15) is 32.3 Å². The van der Waals surface area contributed by atoms with Gasteiger partial charge in [0.2, 0.25) is 11.8 Å². The SMILES string of the molecule is CCNC(=O)C1CCN(c2cc(SCC(=O)Nc3ccccc3CC)ncn2)CC1. The molecule has 1 saturated heterocycles. The molecular formula is C22H29N5O2S. The molecule has 8 heteroatoms. The summed E-state index contributed by atoms with van der Waals surface area (Å²) in [7, 11) is 0. The number of rotatable bonds is 8. The number of carbonyl (C=O) groups excluding carboxylic acids is 2. The van der Waals surface area contributed by atoms with E-state index in [-0.39, 0.29) is 23.5 Å². The van der Waals surface area contributed by atoms with E-state index < -0.39 is 0 Å². The second kappa shape index (κ2) is 11.0. The Balaban J connectivity index is 1.52. The molecule has 1 fully saturated rings. The first-order chi connectivity index (χ1) is 14.6. The van der Waals surface area contributed by atoms with Crippen LogP contribution in [0.25, 0.3) is 0 Å². The maximum absolute atomic E-state index is 12.4. The van der Waals surface area contributed by atoms with Crippen LogP contribution >= 0.6 is 11.8 Å². The first-order valence-electron chi connectivity index (χ1n) is 10.5. The van der Waals surface area contributed by atoms with Gasteiger partial charge in [-0.05, 0) is 37.8 Å². The molecule has 1 aromatic heterocycles. The number of amides is 2. The van der Waals surface area contributed by atoms with E-state index in [4.69, 9.17) is 0 Å². The molecule has 7 nitrogen and oxygen atoms in total. The minimum Gasteiger partial charge on any atom is -0.356 e. The number of aryl methyl sites for hydroxylation is 1. The lowest BCUT2D eigenvalue weighted by Crippen LogP contribution is -2.40. The third-order valence-electron chi connectivity index (χ3n) is 5.19. The zero-order valence-corrected chi connectivity index (χ0v) is 18.4. The fraction of sp³-hybridized carbons (Fsp3) is 0.455. The van der Waals surface area contributed by atoms with Gasteiger partial charge in [-0.2, -0.15) is 0 Å². The fourth-order valence-corrected chi connectivity index (χ4v) is 4.21. The molecule has 0 radical (unpaired) electrons. The highest BCUT2D eigenvalue weighted by Gasteiger charge is 2.25. The van der Waals surface area contributed by atoms with E-state index in [1.54, 1.807) is 0 Å². The van der Waals surface area contributed by atoms with Crippen LogP contribution in [-0.2, 0) is 16.0 Å². The normalized spacial score (nSPS) is 14.4. The molecule has 0 aliphatic carbocycles. The molecule has 1 aliphatic heterocycles. The predicted octanol–water partition coefficient (Wildman–Crippen LogP) is 3.12. The minimum atomic E-state index is -0.0520. The number of nitrogens with zero attached hydrogens (tertiary/aromatic N) is 3. The molecule has 2 amide bonds. The summed E-state index contributed by atoms with van der Waals surface area (Å²) in [4.78, 5) is 35.3. The van der Waals surface area contributed by atoms with Crippen molar-refractivity contribution in [3.8, 4) is 0 Å². The first kappa shape index (κ1) is 22.1. The molecule has 0 bridgehead atoms. The van der Waals surface area contributed by atoms with Crippen molar-refractivity contribution in [2.24, 2.45) is 5.92 Å². The Bertz CT molecular complexity index is 868. The van der Waals surface area contributed by atoms with Gasteiger partial charge in [-0.15, -0.1) is 0 Å². The summed E-state index contributed by atoms with van der Waals surface area (Å²) in [5, 5.41) is 6.66. The Morgan fingerprint density at radius 2 is 1.93 bits per heavy atom. The lowest BCUT2D eigenvalue weighted by atomic mass is 9.96. The van der Waals surface area contributed by atoms with Crippen molar-refractivity contribution in [2.45, 2.75) is 38.1 Å². The van der Waals surface area contributed by atoms with Crippen molar-refractivity contribution in [3.63, 3.8) is 0 Å². The number of anilines is 2. The van der Waals surface area contributed by atoms with Gasteiger partial charge >= 0.3 is 0 Å². The molecule has 2 heterocycles. The van der Waals surface area contributed by atoms with E-state index in [2.05, 4.69) is 32.4 Å².